The van der Waals surface area contributed by atoms with Crippen LogP contribution in [0.5, 0.6) is 5.75 Å². The highest BCUT2D eigenvalue weighted by molar-refractivity contribution is 7.16. The number of benzene rings is 1. The van der Waals surface area contributed by atoms with E-state index in [1.54, 1.807) is 33.3 Å². The van der Waals surface area contributed by atoms with Crippen LogP contribution < -0.4 is 0 Å². The van der Waals surface area contributed by atoms with Crippen molar-refractivity contribution in [2.75, 3.05) is 14.1 Å². The van der Waals surface area contributed by atoms with Gasteiger partial charge in [-0.3, -0.25) is 4.79 Å². The number of hydrogen-bond acceptors (Lipinski definition) is 7. The summed E-state index contributed by atoms with van der Waals surface area (Å²) in [7, 11) is 3.28. The molecule has 1 amide bonds. The molecular formula is C19H18F3N3O3S2. The number of nitrogens with zero attached hydrogens (tertiary/aromatic N) is 3. The number of aromatic nitrogens is 2. The van der Waals surface area contributed by atoms with Gasteiger partial charge in [-0.1, -0.05) is 0 Å². The number of carbonyl (C=O) groups is 1. The van der Waals surface area contributed by atoms with Gasteiger partial charge in [-0.05, 0) is 19.9 Å². The van der Waals surface area contributed by atoms with Gasteiger partial charge in [0.05, 0.1) is 28.4 Å². The molecule has 3 aromatic rings. The summed E-state index contributed by atoms with van der Waals surface area (Å²) in [6, 6.07) is 0.707. The molecule has 0 aliphatic rings. The van der Waals surface area contributed by atoms with Crippen molar-refractivity contribution in [3.05, 3.63) is 39.6 Å². The molecule has 6 nitrogen and oxygen atoms in total. The van der Waals surface area contributed by atoms with Crippen LogP contribution in [0, 0.1) is 24.4 Å². The van der Waals surface area contributed by atoms with Crippen LogP contribution in [0.4, 0.5) is 13.2 Å². The average molecular weight is 457 g/mol. The zero-order valence-corrected chi connectivity index (χ0v) is 18.1. The minimum atomic E-state index is -1.66. The molecule has 1 unspecified atom stereocenters. The molecule has 11 heteroatoms. The van der Waals surface area contributed by atoms with Crippen LogP contribution in [-0.4, -0.2) is 46.1 Å². The van der Waals surface area contributed by atoms with Crippen molar-refractivity contribution in [1.82, 2.24) is 14.9 Å². The quantitative estimate of drug-likeness (QED) is 0.557. The highest BCUT2D eigenvalue weighted by atomic mass is 32.1. The van der Waals surface area contributed by atoms with Gasteiger partial charge in [-0.2, -0.15) is 4.39 Å². The smallest absolute Gasteiger partial charge is 0.250 e. The molecule has 0 saturated heterocycles. The molecule has 2 aromatic heterocycles. The summed E-state index contributed by atoms with van der Waals surface area (Å²) in [6.07, 6.45) is -0.624. The molecule has 2 heterocycles. The minimum absolute atomic E-state index is 0.0658. The van der Waals surface area contributed by atoms with Crippen LogP contribution >= 0.6 is 22.7 Å². The number of amides is 1. The van der Waals surface area contributed by atoms with Gasteiger partial charge >= 0.3 is 0 Å². The number of ether oxygens (including phenoxy) is 1. The van der Waals surface area contributed by atoms with Gasteiger partial charge < -0.3 is 14.7 Å². The van der Waals surface area contributed by atoms with E-state index in [9.17, 15) is 23.1 Å². The van der Waals surface area contributed by atoms with E-state index in [0.717, 1.165) is 11.3 Å². The molecule has 160 valence electrons. The Bertz CT molecular complexity index is 1100. The van der Waals surface area contributed by atoms with Crippen molar-refractivity contribution in [2.24, 2.45) is 0 Å². The number of halogens is 3. The summed E-state index contributed by atoms with van der Waals surface area (Å²) < 4.78 is 47.0. The maximum absolute atomic E-state index is 14.1. The van der Waals surface area contributed by atoms with E-state index < -0.39 is 29.3 Å². The van der Waals surface area contributed by atoms with Gasteiger partial charge in [-0.15, -0.1) is 22.7 Å². The van der Waals surface area contributed by atoms with Gasteiger partial charge in [0.15, 0.2) is 17.4 Å². The average Bonchev–Trinajstić information content (AvgIpc) is 3.33. The summed E-state index contributed by atoms with van der Waals surface area (Å²) in [6.45, 7) is 3.55. The molecule has 0 bridgehead atoms. The largest absolute Gasteiger partial charge is 0.503 e. The number of likely N-dealkylation sites (N-methyl/N-ethyl adjacent to an activating group) is 1. The van der Waals surface area contributed by atoms with E-state index in [2.05, 4.69) is 9.97 Å². The Kier molecular flexibility index (Phi) is 6.44. The van der Waals surface area contributed by atoms with Crippen LogP contribution in [0.15, 0.2) is 11.4 Å². The number of hydrogen-bond donors (Lipinski definition) is 1. The summed E-state index contributed by atoms with van der Waals surface area (Å²) in [5.74, 6) is -5.82. The zero-order valence-electron chi connectivity index (χ0n) is 16.5. The Morgan fingerprint density at radius 3 is 2.63 bits per heavy atom. The molecule has 1 atom stereocenters. The SMILES string of the molecule is Cc1nc(COC(C)C(=O)N(C)C)sc1-c1csc(-c2cc(F)c(O)c(F)c2F)n1. The third-order valence-corrected chi connectivity index (χ3v) is 6.22. The fourth-order valence-corrected chi connectivity index (χ4v) is 4.47. The first kappa shape index (κ1) is 22.2. The first-order valence-electron chi connectivity index (χ1n) is 8.72. The summed E-state index contributed by atoms with van der Waals surface area (Å²) in [5.41, 5.74) is 0.758. The molecule has 0 spiro atoms. The second-order valence-corrected chi connectivity index (χ2v) is 8.57. The number of aryl methyl sites for hydroxylation is 1. The summed E-state index contributed by atoms with van der Waals surface area (Å²) in [5, 5.41) is 11.5. The normalized spacial score (nSPS) is 12.2. The minimum Gasteiger partial charge on any atom is -0.503 e. The Morgan fingerprint density at radius 2 is 1.97 bits per heavy atom. The molecule has 0 saturated carbocycles. The second-order valence-electron chi connectivity index (χ2n) is 6.63. The molecule has 0 aliphatic carbocycles. The molecule has 1 N–H and O–H groups in total. The number of phenolic OH excluding ortho intramolecular Hbond substituents is 1. The molecular weight excluding hydrogens is 439 g/mol. The van der Waals surface area contributed by atoms with Crippen LogP contribution in [-0.2, 0) is 16.1 Å². The number of aromatic hydroxyl groups is 1. The van der Waals surface area contributed by atoms with Crippen molar-refractivity contribution in [2.45, 2.75) is 26.6 Å². The van der Waals surface area contributed by atoms with Gasteiger partial charge in [0.25, 0.3) is 5.91 Å². The maximum Gasteiger partial charge on any atom is 0.250 e. The monoisotopic (exact) mass is 457 g/mol. The van der Waals surface area contributed by atoms with Crippen molar-refractivity contribution in [3.63, 3.8) is 0 Å². The zero-order chi connectivity index (χ0) is 22.2. The lowest BCUT2D eigenvalue weighted by Crippen LogP contribution is -2.33. The van der Waals surface area contributed by atoms with Crippen LogP contribution in [0.3, 0.4) is 0 Å². The second kappa shape index (κ2) is 8.70. The Balaban J connectivity index is 1.82. The summed E-state index contributed by atoms with van der Waals surface area (Å²) >= 11 is 2.31. The number of rotatable bonds is 6. The highest BCUT2D eigenvalue weighted by Crippen LogP contribution is 2.37. The Labute approximate surface area is 178 Å². The fourth-order valence-electron chi connectivity index (χ4n) is 2.63. The van der Waals surface area contributed by atoms with E-state index in [4.69, 9.17) is 4.74 Å². The number of thiazole rings is 2. The van der Waals surface area contributed by atoms with E-state index in [-0.39, 0.29) is 23.1 Å². The Hall–Kier alpha value is -2.50. The molecule has 0 fully saturated rings. The van der Waals surface area contributed by atoms with E-state index in [0.29, 0.717) is 27.3 Å². The standard InChI is InChI=1S/C19H18F3N3O3S2/c1-8-17(30-13(23-8)6-28-9(2)19(27)25(3)4)12-7-29-18(24-12)10-5-11(20)16(26)15(22)14(10)21/h5,7,9,26H,6H2,1-4H3. The number of carbonyl (C=O) groups excluding carboxylic acids is 1. The van der Waals surface area contributed by atoms with Crippen LogP contribution in [0.2, 0.25) is 0 Å². The van der Waals surface area contributed by atoms with Gasteiger partial charge in [-0.25, -0.2) is 18.7 Å². The van der Waals surface area contributed by atoms with Gasteiger partial charge in [0.2, 0.25) is 5.82 Å². The number of phenols is 1. The van der Waals surface area contributed by atoms with E-state index in [1.807, 2.05) is 0 Å². The molecule has 0 aliphatic heterocycles. The molecule has 30 heavy (non-hydrogen) atoms. The topological polar surface area (TPSA) is 75.5 Å². The molecule has 0 radical (unpaired) electrons. The lowest BCUT2D eigenvalue weighted by Gasteiger charge is -2.16. The molecule has 3 rings (SSSR count). The predicted octanol–water partition coefficient (Wildman–Crippen LogP) is 4.36. The maximum atomic E-state index is 14.1. The molecule has 1 aromatic carbocycles. The van der Waals surface area contributed by atoms with Gasteiger partial charge in [0, 0.05) is 19.5 Å². The predicted molar refractivity (Wildman–Crippen MR) is 108 cm³/mol. The van der Waals surface area contributed by atoms with Gasteiger partial charge in [0.1, 0.15) is 16.1 Å². The highest BCUT2D eigenvalue weighted by Gasteiger charge is 2.22. The lowest BCUT2D eigenvalue weighted by molar-refractivity contribution is -0.140. The van der Waals surface area contributed by atoms with Crippen molar-refractivity contribution in [3.8, 4) is 26.9 Å². The first-order valence-corrected chi connectivity index (χ1v) is 10.4. The van der Waals surface area contributed by atoms with Crippen LogP contribution in [0.1, 0.15) is 17.6 Å². The van der Waals surface area contributed by atoms with E-state index in [1.165, 1.54) is 16.2 Å². The Morgan fingerprint density at radius 1 is 1.27 bits per heavy atom. The lowest BCUT2D eigenvalue weighted by atomic mass is 10.2. The van der Waals surface area contributed by atoms with Crippen molar-refractivity contribution < 1.29 is 27.8 Å². The third kappa shape index (κ3) is 4.32. The third-order valence-electron chi connectivity index (χ3n) is 4.19. The van der Waals surface area contributed by atoms with Crippen LogP contribution in [0.25, 0.3) is 21.1 Å². The first-order chi connectivity index (χ1) is 14.1. The van der Waals surface area contributed by atoms with E-state index >= 15 is 0 Å². The van der Waals surface area contributed by atoms with Crippen molar-refractivity contribution in [1.29, 1.82) is 0 Å². The fraction of sp³-hybridized carbons (Fsp3) is 0.316. The van der Waals surface area contributed by atoms with Crippen molar-refractivity contribution >= 4 is 28.6 Å². The summed E-state index contributed by atoms with van der Waals surface area (Å²) in [4.78, 5) is 22.7.